The average molecular weight is 335 g/mol. The van der Waals surface area contributed by atoms with Gasteiger partial charge in [-0.25, -0.2) is 4.79 Å². The molecular weight excluding hydrogens is 308 g/mol. The molecule has 0 bridgehead atoms. The van der Waals surface area contributed by atoms with Crippen LogP contribution >= 0.6 is 0 Å². The van der Waals surface area contributed by atoms with E-state index >= 15 is 0 Å². The first-order valence-corrected chi connectivity index (χ1v) is 8.62. The number of esters is 1. The molecule has 2 saturated heterocycles. The van der Waals surface area contributed by atoms with Crippen molar-refractivity contribution in [1.29, 1.82) is 0 Å². The molecule has 6 nitrogen and oxygen atoms in total. The number of quaternary nitrogens is 1. The van der Waals surface area contributed by atoms with Crippen LogP contribution in [0, 0.1) is 11.8 Å². The molecule has 2 aliphatic rings. The Hall–Kier alpha value is -1.50. The third-order valence-corrected chi connectivity index (χ3v) is 4.89. The van der Waals surface area contributed by atoms with Crippen molar-refractivity contribution in [2.75, 3.05) is 19.8 Å². The molecule has 1 N–H and O–H groups in total. The van der Waals surface area contributed by atoms with Crippen molar-refractivity contribution in [3.05, 3.63) is 30.1 Å². The number of carbonyl (C=O) groups excluding carboxylic acids is 1. The number of nitrogens with one attached hydrogen (secondary N) is 1. The second kappa shape index (κ2) is 6.78. The average Bonchev–Trinajstić information content (AvgIpc) is 3.10. The van der Waals surface area contributed by atoms with Crippen LogP contribution in [0.3, 0.4) is 0 Å². The molecule has 2 fully saturated rings. The van der Waals surface area contributed by atoms with E-state index in [1.165, 1.54) is 11.1 Å². The molecule has 0 amide bonds. The van der Waals surface area contributed by atoms with Crippen molar-refractivity contribution in [3.8, 4) is 0 Å². The van der Waals surface area contributed by atoms with E-state index in [0.29, 0.717) is 37.2 Å². The molecule has 1 aromatic rings. The van der Waals surface area contributed by atoms with E-state index in [2.05, 4.69) is 32.7 Å². The molecule has 0 saturated carbocycles. The minimum absolute atomic E-state index is 0.0667. The van der Waals surface area contributed by atoms with Crippen LogP contribution in [0.25, 0.3) is 0 Å². The Morgan fingerprint density at radius 3 is 2.42 bits per heavy atom. The topological polar surface area (TPSA) is 62.1 Å². The van der Waals surface area contributed by atoms with Crippen LogP contribution in [0.4, 0.5) is 0 Å². The highest BCUT2D eigenvalue weighted by Gasteiger charge is 2.62. The minimum Gasteiger partial charge on any atom is -0.455 e. The molecule has 6 heteroatoms. The maximum Gasteiger partial charge on any atom is 0.339 e. The number of ether oxygens (including phenoxy) is 3. The predicted molar refractivity (Wildman–Crippen MR) is 87.4 cm³/mol. The summed E-state index contributed by atoms with van der Waals surface area (Å²) in [4.78, 5) is 17.5. The van der Waals surface area contributed by atoms with E-state index in [1.54, 1.807) is 18.3 Å². The smallest absolute Gasteiger partial charge is 0.339 e. The molecule has 2 atom stereocenters. The maximum absolute atomic E-state index is 12.3. The van der Waals surface area contributed by atoms with E-state index in [9.17, 15) is 4.79 Å². The molecule has 0 aliphatic carbocycles. The van der Waals surface area contributed by atoms with Gasteiger partial charge in [-0.2, -0.15) is 0 Å². The lowest BCUT2D eigenvalue weighted by atomic mass is 9.99. The van der Waals surface area contributed by atoms with Gasteiger partial charge >= 0.3 is 5.97 Å². The lowest BCUT2D eigenvalue weighted by Gasteiger charge is -2.33. The molecule has 1 aromatic heterocycles. The normalized spacial score (nSPS) is 32.3. The lowest BCUT2D eigenvalue weighted by Crippen LogP contribution is -3.24. The molecule has 2 aliphatic heterocycles. The second-order valence-electron chi connectivity index (χ2n) is 7.50. The molecule has 132 valence electrons. The van der Waals surface area contributed by atoms with Gasteiger partial charge in [0.15, 0.2) is 24.6 Å². The van der Waals surface area contributed by atoms with Crippen molar-refractivity contribution in [3.63, 3.8) is 0 Å². The van der Waals surface area contributed by atoms with Gasteiger partial charge in [-0.1, -0.05) is 27.7 Å². The number of hydrogen-bond donors (Lipinski definition) is 1. The lowest BCUT2D eigenvalue weighted by molar-refractivity contribution is -0.995. The fraction of sp³-hybridized carbons (Fsp3) is 0.667. The molecule has 0 radical (unpaired) electrons. The molecule has 3 rings (SSSR count). The van der Waals surface area contributed by atoms with Crippen molar-refractivity contribution in [2.45, 2.75) is 45.7 Å². The number of hydrogen-bond acceptors (Lipinski definition) is 5. The zero-order valence-electron chi connectivity index (χ0n) is 14.8. The summed E-state index contributed by atoms with van der Waals surface area (Å²) in [5, 5.41) is 0. The van der Waals surface area contributed by atoms with Gasteiger partial charge in [0.2, 0.25) is 0 Å². The number of aromatic nitrogens is 1. The summed E-state index contributed by atoms with van der Waals surface area (Å²) in [6, 6.07) is 3.44. The van der Waals surface area contributed by atoms with Gasteiger partial charge < -0.3 is 14.2 Å². The summed E-state index contributed by atoms with van der Waals surface area (Å²) in [5.74, 6) is 0.399. The first-order chi connectivity index (χ1) is 11.4. The number of pyridine rings is 1. The summed E-state index contributed by atoms with van der Waals surface area (Å²) in [5.41, 5.74) is 0.149. The Balaban J connectivity index is 1.74. The quantitative estimate of drug-likeness (QED) is 0.810. The summed E-state index contributed by atoms with van der Waals surface area (Å²) in [6.07, 6.45) is 3.29. The van der Waals surface area contributed by atoms with E-state index in [4.69, 9.17) is 14.2 Å². The zero-order chi connectivity index (χ0) is 17.3. The van der Waals surface area contributed by atoms with E-state index in [-0.39, 0.29) is 24.0 Å². The fourth-order valence-electron chi connectivity index (χ4n) is 3.69. The Labute approximate surface area is 143 Å². The number of nitrogens with zero attached hydrogens (tertiary/aromatic N) is 1. The maximum atomic E-state index is 12.3. The SMILES string of the molecule is CC(C)[C@H]1OCC2(COC(=O)c3cccnc3)CO[C@H](C(C)C)[NH+]12. The van der Waals surface area contributed by atoms with Gasteiger partial charge in [0.25, 0.3) is 0 Å². The Morgan fingerprint density at radius 2 is 1.92 bits per heavy atom. The molecule has 0 unspecified atom stereocenters. The third kappa shape index (κ3) is 3.06. The molecule has 0 spiro atoms. The number of fused-ring (bicyclic) bond motifs is 1. The van der Waals surface area contributed by atoms with Crippen LogP contribution in [0.15, 0.2) is 24.5 Å². The van der Waals surface area contributed by atoms with Gasteiger partial charge in [-0.15, -0.1) is 0 Å². The predicted octanol–water partition coefficient (Wildman–Crippen LogP) is 0.887. The number of carbonyl (C=O) groups is 1. The zero-order valence-corrected chi connectivity index (χ0v) is 14.8. The van der Waals surface area contributed by atoms with Crippen LogP contribution in [0.2, 0.25) is 0 Å². The van der Waals surface area contributed by atoms with Crippen molar-refractivity contribution < 1.29 is 23.9 Å². The molecule has 3 heterocycles. The largest absolute Gasteiger partial charge is 0.455 e. The van der Waals surface area contributed by atoms with E-state index in [0.717, 1.165) is 0 Å². The first-order valence-electron chi connectivity index (χ1n) is 8.62. The van der Waals surface area contributed by atoms with Gasteiger partial charge in [-0.3, -0.25) is 9.88 Å². The summed E-state index contributed by atoms with van der Waals surface area (Å²) >= 11 is 0. The minimum atomic E-state index is -0.349. The van der Waals surface area contributed by atoms with Gasteiger partial charge in [-0.05, 0) is 12.1 Å². The van der Waals surface area contributed by atoms with Crippen LogP contribution in [0.1, 0.15) is 38.1 Å². The van der Waals surface area contributed by atoms with Crippen LogP contribution in [0.5, 0.6) is 0 Å². The van der Waals surface area contributed by atoms with E-state index < -0.39 is 0 Å². The van der Waals surface area contributed by atoms with Crippen molar-refractivity contribution in [2.24, 2.45) is 11.8 Å². The fourth-order valence-corrected chi connectivity index (χ4v) is 3.69. The highest BCUT2D eigenvalue weighted by molar-refractivity contribution is 5.88. The third-order valence-electron chi connectivity index (χ3n) is 4.89. The highest BCUT2D eigenvalue weighted by atomic mass is 16.6. The first kappa shape index (κ1) is 17.3. The molecule has 24 heavy (non-hydrogen) atoms. The van der Waals surface area contributed by atoms with Crippen LogP contribution in [-0.2, 0) is 14.2 Å². The summed E-state index contributed by atoms with van der Waals surface area (Å²) in [6.45, 7) is 10.0. The monoisotopic (exact) mass is 335 g/mol. The van der Waals surface area contributed by atoms with E-state index in [1.807, 2.05) is 0 Å². The van der Waals surface area contributed by atoms with Crippen LogP contribution in [-0.4, -0.2) is 48.8 Å². The molecular formula is C18H27N2O4+. The van der Waals surface area contributed by atoms with Crippen LogP contribution < -0.4 is 4.90 Å². The highest BCUT2D eigenvalue weighted by Crippen LogP contribution is 2.24. The molecule has 0 aromatic carbocycles. The van der Waals surface area contributed by atoms with Crippen molar-refractivity contribution >= 4 is 5.97 Å². The number of rotatable bonds is 5. The van der Waals surface area contributed by atoms with Gasteiger partial charge in [0.05, 0.1) is 5.56 Å². The Kier molecular flexibility index (Phi) is 4.90. The Morgan fingerprint density at radius 1 is 1.29 bits per heavy atom. The van der Waals surface area contributed by atoms with Gasteiger partial charge in [0, 0.05) is 24.2 Å². The van der Waals surface area contributed by atoms with Crippen molar-refractivity contribution in [1.82, 2.24) is 4.98 Å². The standard InChI is InChI=1S/C18H26N2O4/c1-12(2)15-20-16(13(3)4)23-10-18(20,9-22-15)11-24-17(21)14-6-5-7-19-8-14/h5-8,12-13,15-16H,9-11H2,1-4H3/p+1/t15-,16-/m1/s1. The second-order valence-corrected chi connectivity index (χ2v) is 7.50. The summed E-state index contributed by atoms with van der Waals surface area (Å²) < 4.78 is 17.8. The van der Waals surface area contributed by atoms with Gasteiger partial charge in [0.1, 0.15) is 13.2 Å². The summed E-state index contributed by atoms with van der Waals surface area (Å²) in [7, 11) is 0. The Bertz CT molecular complexity index is 556.